The van der Waals surface area contributed by atoms with E-state index in [1.807, 2.05) is 0 Å². The van der Waals surface area contributed by atoms with Crippen LogP contribution in [0.2, 0.25) is 0 Å². The van der Waals surface area contributed by atoms with Crippen molar-refractivity contribution in [3.8, 4) is 0 Å². The molecule has 5 rings (SSSR count). The van der Waals surface area contributed by atoms with Gasteiger partial charge < -0.3 is 10.6 Å². The maximum Gasteiger partial charge on any atom is 0.220 e. The van der Waals surface area contributed by atoms with Gasteiger partial charge in [-0.05, 0) is 49.0 Å². The first-order valence-electron chi connectivity index (χ1n) is 9.07. The number of nitrogens with zero attached hydrogens (tertiary/aromatic N) is 3. The lowest BCUT2D eigenvalue weighted by Crippen LogP contribution is -2.40. The van der Waals surface area contributed by atoms with Crippen LogP contribution >= 0.6 is 11.8 Å². The van der Waals surface area contributed by atoms with Gasteiger partial charge in [0.05, 0.1) is 5.69 Å². The van der Waals surface area contributed by atoms with Gasteiger partial charge in [0.15, 0.2) is 5.82 Å². The number of carbonyl (C=O) groups is 1. The lowest BCUT2D eigenvalue weighted by Gasteiger charge is -2.38. The fourth-order valence-corrected chi connectivity index (χ4v) is 5.01. The summed E-state index contributed by atoms with van der Waals surface area (Å²) in [6, 6.07) is 6.61. The average Bonchev–Trinajstić information content (AvgIpc) is 3.02. The SMILES string of the molecule is O=C1CC2(CCN(Cc3ccc4c(c3)Nc3nccnc3S4)CC2)CN1. The molecule has 26 heavy (non-hydrogen) atoms. The minimum Gasteiger partial charge on any atom is -0.356 e. The minimum atomic E-state index is 0.212. The number of likely N-dealkylation sites (tertiary alicyclic amines) is 1. The topological polar surface area (TPSA) is 70.2 Å². The molecule has 0 radical (unpaired) electrons. The summed E-state index contributed by atoms with van der Waals surface area (Å²) in [5.41, 5.74) is 2.63. The Balaban J connectivity index is 1.26. The van der Waals surface area contributed by atoms with Gasteiger partial charge in [-0.1, -0.05) is 17.8 Å². The van der Waals surface area contributed by atoms with Crippen molar-refractivity contribution in [3.05, 3.63) is 36.2 Å². The highest BCUT2D eigenvalue weighted by molar-refractivity contribution is 7.99. The Hall–Kier alpha value is -2.12. The number of hydrogen-bond acceptors (Lipinski definition) is 6. The van der Waals surface area contributed by atoms with Crippen molar-refractivity contribution in [1.29, 1.82) is 0 Å². The third kappa shape index (κ3) is 2.95. The van der Waals surface area contributed by atoms with Crippen molar-refractivity contribution in [2.24, 2.45) is 5.41 Å². The van der Waals surface area contributed by atoms with E-state index in [0.29, 0.717) is 6.42 Å². The summed E-state index contributed by atoms with van der Waals surface area (Å²) in [6.07, 6.45) is 6.36. The normalized spacial score (nSPS) is 21.0. The zero-order chi connectivity index (χ0) is 17.6. The van der Waals surface area contributed by atoms with E-state index in [1.165, 1.54) is 10.5 Å². The summed E-state index contributed by atoms with van der Waals surface area (Å²) in [5, 5.41) is 7.34. The van der Waals surface area contributed by atoms with Crippen LogP contribution in [0.5, 0.6) is 0 Å². The molecule has 1 aromatic heterocycles. The molecule has 0 unspecified atom stereocenters. The van der Waals surface area contributed by atoms with E-state index in [-0.39, 0.29) is 11.3 Å². The van der Waals surface area contributed by atoms with Crippen LogP contribution in [0.4, 0.5) is 11.5 Å². The van der Waals surface area contributed by atoms with Gasteiger partial charge in [0.25, 0.3) is 0 Å². The fraction of sp³-hybridized carbons (Fsp3) is 0.421. The van der Waals surface area contributed by atoms with Gasteiger partial charge in [-0.15, -0.1) is 0 Å². The molecule has 2 aromatic rings. The molecule has 1 spiro atoms. The fourth-order valence-electron chi connectivity index (χ4n) is 4.13. The summed E-state index contributed by atoms with van der Waals surface area (Å²) >= 11 is 1.66. The Labute approximate surface area is 156 Å². The predicted molar refractivity (Wildman–Crippen MR) is 100 cm³/mol. The van der Waals surface area contributed by atoms with Crippen LogP contribution in [-0.2, 0) is 11.3 Å². The van der Waals surface area contributed by atoms with E-state index < -0.39 is 0 Å². The van der Waals surface area contributed by atoms with Crippen LogP contribution < -0.4 is 10.6 Å². The molecule has 1 aromatic carbocycles. The highest BCUT2D eigenvalue weighted by atomic mass is 32.2. The highest BCUT2D eigenvalue weighted by Gasteiger charge is 2.40. The molecule has 7 heteroatoms. The lowest BCUT2D eigenvalue weighted by molar-refractivity contribution is -0.119. The number of nitrogens with one attached hydrogen (secondary N) is 2. The van der Waals surface area contributed by atoms with Crippen LogP contribution in [-0.4, -0.2) is 40.4 Å². The Morgan fingerprint density at radius 3 is 2.85 bits per heavy atom. The number of hydrogen-bond donors (Lipinski definition) is 2. The molecule has 3 aliphatic rings. The van der Waals surface area contributed by atoms with Gasteiger partial charge in [-0.2, -0.15) is 0 Å². The first-order chi connectivity index (χ1) is 12.7. The zero-order valence-corrected chi connectivity index (χ0v) is 15.3. The summed E-state index contributed by atoms with van der Waals surface area (Å²) in [5.74, 6) is 1.06. The smallest absolute Gasteiger partial charge is 0.220 e. The van der Waals surface area contributed by atoms with E-state index in [9.17, 15) is 4.79 Å². The second kappa shape index (κ2) is 6.25. The van der Waals surface area contributed by atoms with Crippen molar-refractivity contribution < 1.29 is 4.79 Å². The third-order valence-corrected chi connectivity index (χ3v) is 6.76. The van der Waals surface area contributed by atoms with Crippen molar-refractivity contribution in [2.75, 3.05) is 25.0 Å². The molecule has 2 fully saturated rings. The van der Waals surface area contributed by atoms with Crippen LogP contribution in [0.3, 0.4) is 0 Å². The Kier molecular flexibility index (Phi) is 3.86. The van der Waals surface area contributed by atoms with E-state index in [1.54, 1.807) is 24.2 Å². The monoisotopic (exact) mass is 367 g/mol. The number of anilines is 2. The van der Waals surface area contributed by atoms with Gasteiger partial charge in [-0.25, -0.2) is 9.97 Å². The first kappa shape index (κ1) is 16.1. The molecule has 0 bridgehead atoms. The van der Waals surface area contributed by atoms with Gasteiger partial charge in [-0.3, -0.25) is 9.69 Å². The highest BCUT2D eigenvalue weighted by Crippen LogP contribution is 2.42. The molecule has 0 saturated carbocycles. The van der Waals surface area contributed by atoms with Gasteiger partial charge >= 0.3 is 0 Å². The molecule has 134 valence electrons. The molecule has 1 amide bonds. The second-order valence-corrected chi connectivity index (χ2v) is 8.53. The van der Waals surface area contributed by atoms with E-state index in [0.717, 1.165) is 55.6 Å². The predicted octanol–water partition coefficient (Wildman–Crippen LogP) is 2.79. The Morgan fingerprint density at radius 1 is 1.19 bits per heavy atom. The largest absolute Gasteiger partial charge is 0.356 e. The van der Waals surface area contributed by atoms with Crippen LogP contribution in [0, 0.1) is 5.41 Å². The number of benzene rings is 1. The number of carbonyl (C=O) groups excluding carboxylic acids is 1. The van der Waals surface area contributed by atoms with Crippen molar-refractivity contribution in [3.63, 3.8) is 0 Å². The van der Waals surface area contributed by atoms with Crippen LogP contribution in [0.15, 0.2) is 40.5 Å². The summed E-state index contributed by atoms with van der Waals surface area (Å²) in [7, 11) is 0. The quantitative estimate of drug-likeness (QED) is 0.726. The molecule has 0 atom stereocenters. The zero-order valence-electron chi connectivity index (χ0n) is 14.5. The first-order valence-corrected chi connectivity index (χ1v) is 9.89. The van der Waals surface area contributed by atoms with Gasteiger partial charge in [0.1, 0.15) is 5.03 Å². The van der Waals surface area contributed by atoms with E-state index in [2.05, 4.69) is 43.7 Å². The average molecular weight is 367 g/mol. The van der Waals surface area contributed by atoms with Crippen molar-refractivity contribution >= 4 is 29.2 Å². The van der Waals surface area contributed by atoms with E-state index >= 15 is 0 Å². The molecule has 4 heterocycles. The molecule has 0 aliphatic carbocycles. The number of fused-ring (bicyclic) bond motifs is 2. The molecule has 2 N–H and O–H groups in total. The van der Waals surface area contributed by atoms with Crippen molar-refractivity contribution in [1.82, 2.24) is 20.2 Å². The summed E-state index contributed by atoms with van der Waals surface area (Å²) in [4.78, 5) is 24.0. The summed E-state index contributed by atoms with van der Waals surface area (Å²) < 4.78 is 0. The number of aromatic nitrogens is 2. The van der Waals surface area contributed by atoms with Crippen LogP contribution in [0.25, 0.3) is 0 Å². The lowest BCUT2D eigenvalue weighted by atomic mass is 9.77. The maximum absolute atomic E-state index is 11.6. The molecule has 2 saturated heterocycles. The third-order valence-electron chi connectivity index (χ3n) is 5.69. The molecular weight excluding hydrogens is 346 g/mol. The molecular formula is C19H21N5OS. The van der Waals surface area contributed by atoms with Gasteiger partial charge in [0, 0.05) is 36.8 Å². The summed E-state index contributed by atoms with van der Waals surface area (Å²) in [6.45, 7) is 3.93. The van der Waals surface area contributed by atoms with E-state index in [4.69, 9.17) is 0 Å². The van der Waals surface area contributed by atoms with Crippen LogP contribution in [0.1, 0.15) is 24.8 Å². The minimum absolute atomic E-state index is 0.212. The van der Waals surface area contributed by atoms with Crippen molar-refractivity contribution in [2.45, 2.75) is 35.7 Å². The van der Waals surface area contributed by atoms with Gasteiger partial charge in [0.2, 0.25) is 5.91 Å². The Bertz CT molecular complexity index is 863. The molecule has 6 nitrogen and oxygen atoms in total. The second-order valence-electron chi connectivity index (χ2n) is 7.50. The number of amides is 1. The Morgan fingerprint density at radius 2 is 2.04 bits per heavy atom. The molecule has 3 aliphatic heterocycles. The number of rotatable bonds is 2. The standard InChI is InChI=1S/C19H21N5OS/c25-16-10-19(12-22-16)3-7-24(8-4-19)11-13-1-2-15-14(9-13)23-17-18(26-15)21-6-5-20-17/h1-2,5-6,9H,3-4,7-8,10-12H2,(H,20,23)(H,22,25). The maximum atomic E-state index is 11.6. The number of piperidine rings is 1.